The summed E-state index contributed by atoms with van der Waals surface area (Å²) in [6.45, 7) is 1.15. The molecular formula is C19H19FN2O3. The first-order valence-corrected chi connectivity index (χ1v) is 8.35. The Hall–Kier alpha value is -2.60. The maximum Gasteiger partial charge on any atom is 0.238 e. The summed E-state index contributed by atoms with van der Waals surface area (Å²) in [4.78, 5) is 14.5. The predicted octanol–water partition coefficient (Wildman–Crippen LogP) is 3.16. The van der Waals surface area contributed by atoms with Crippen LogP contribution in [0.3, 0.4) is 0 Å². The molecule has 6 heteroatoms. The molecule has 0 saturated heterocycles. The van der Waals surface area contributed by atoms with E-state index < -0.39 is 0 Å². The van der Waals surface area contributed by atoms with Crippen molar-refractivity contribution in [2.24, 2.45) is 0 Å². The quantitative estimate of drug-likeness (QED) is 0.876. The van der Waals surface area contributed by atoms with Gasteiger partial charge in [0.25, 0.3) is 0 Å². The van der Waals surface area contributed by atoms with Gasteiger partial charge in [-0.2, -0.15) is 0 Å². The molecule has 1 aliphatic heterocycles. The van der Waals surface area contributed by atoms with Crippen molar-refractivity contribution in [3.8, 4) is 11.5 Å². The second kappa shape index (κ2) is 6.72. The number of ether oxygens (including phenoxy) is 2. The maximum absolute atomic E-state index is 13.0. The monoisotopic (exact) mass is 342 g/mol. The van der Waals surface area contributed by atoms with E-state index in [4.69, 9.17) is 9.47 Å². The normalized spacial score (nSPS) is 15.4. The van der Waals surface area contributed by atoms with Crippen LogP contribution in [0.25, 0.3) is 0 Å². The van der Waals surface area contributed by atoms with E-state index in [0.29, 0.717) is 36.3 Å². The molecule has 0 aromatic heterocycles. The van der Waals surface area contributed by atoms with Gasteiger partial charge in [0, 0.05) is 24.3 Å². The van der Waals surface area contributed by atoms with E-state index in [9.17, 15) is 9.18 Å². The smallest absolute Gasteiger partial charge is 0.238 e. The molecule has 0 atom stereocenters. The van der Waals surface area contributed by atoms with Gasteiger partial charge in [-0.15, -0.1) is 0 Å². The van der Waals surface area contributed by atoms with Crippen LogP contribution in [-0.4, -0.2) is 30.2 Å². The highest BCUT2D eigenvalue weighted by molar-refractivity contribution is 5.92. The lowest BCUT2D eigenvalue weighted by Crippen LogP contribution is -2.34. The highest BCUT2D eigenvalue weighted by Gasteiger charge is 2.30. The molecule has 1 fully saturated rings. The van der Waals surface area contributed by atoms with E-state index in [1.165, 1.54) is 12.1 Å². The first-order chi connectivity index (χ1) is 12.2. The molecule has 2 aromatic carbocycles. The lowest BCUT2D eigenvalue weighted by molar-refractivity contribution is -0.117. The van der Waals surface area contributed by atoms with Gasteiger partial charge in [0.2, 0.25) is 12.7 Å². The van der Waals surface area contributed by atoms with Gasteiger partial charge in [0.15, 0.2) is 11.5 Å². The van der Waals surface area contributed by atoms with E-state index in [2.05, 4.69) is 10.2 Å². The van der Waals surface area contributed by atoms with E-state index in [0.717, 1.165) is 18.4 Å². The molecule has 1 amide bonds. The minimum absolute atomic E-state index is 0.0760. The number of carbonyl (C=O) groups excluding carboxylic acids is 1. The number of amides is 1. The predicted molar refractivity (Wildman–Crippen MR) is 91.0 cm³/mol. The van der Waals surface area contributed by atoms with Crippen molar-refractivity contribution in [1.82, 2.24) is 4.90 Å². The Morgan fingerprint density at radius 3 is 2.64 bits per heavy atom. The standard InChI is InChI=1S/C19H19FN2O3/c20-14-3-1-13(2-4-14)10-22(16-6-7-16)11-19(23)21-15-5-8-17-18(9-15)25-12-24-17/h1-5,8-9,16H,6-7,10-12H2,(H,21,23). The maximum atomic E-state index is 13.0. The van der Waals surface area contributed by atoms with Crippen molar-refractivity contribution in [2.45, 2.75) is 25.4 Å². The second-order valence-corrected chi connectivity index (χ2v) is 6.38. The van der Waals surface area contributed by atoms with E-state index in [-0.39, 0.29) is 18.5 Å². The summed E-state index contributed by atoms with van der Waals surface area (Å²) in [6.07, 6.45) is 2.19. The number of carbonyl (C=O) groups is 1. The van der Waals surface area contributed by atoms with Crippen molar-refractivity contribution >= 4 is 11.6 Å². The highest BCUT2D eigenvalue weighted by Crippen LogP contribution is 2.34. The van der Waals surface area contributed by atoms with Crippen LogP contribution in [0, 0.1) is 5.82 Å². The molecule has 130 valence electrons. The zero-order chi connectivity index (χ0) is 17.2. The topological polar surface area (TPSA) is 50.8 Å². The number of rotatable bonds is 6. The molecule has 0 radical (unpaired) electrons. The Labute approximate surface area is 145 Å². The number of benzene rings is 2. The number of anilines is 1. The number of nitrogens with one attached hydrogen (secondary N) is 1. The van der Waals surface area contributed by atoms with Crippen molar-refractivity contribution in [3.63, 3.8) is 0 Å². The highest BCUT2D eigenvalue weighted by atomic mass is 19.1. The van der Waals surface area contributed by atoms with Crippen LogP contribution >= 0.6 is 0 Å². The molecule has 2 aromatic rings. The molecule has 1 saturated carbocycles. The summed E-state index contributed by atoms with van der Waals surface area (Å²) in [7, 11) is 0. The van der Waals surface area contributed by atoms with Gasteiger partial charge in [-0.3, -0.25) is 9.69 Å². The van der Waals surface area contributed by atoms with Crippen molar-refractivity contribution in [2.75, 3.05) is 18.7 Å². The van der Waals surface area contributed by atoms with Gasteiger partial charge in [-0.1, -0.05) is 12.1 Å². The van der Waals surface area contributed by atoms with Crippen LogP contribution in [-0.2, 0) is 11.3 Å². The number of hydrogen-bond acceptors (Lipinski definition) is 4. The molecule has 2 aliphatic rings. The lowest BCUT2D eigenvalue weighted by atomic mass is 10.2. The molecule has 1 heterocycles. The number of nitrogens with zero attached hydrogens (tertiary/aromatic N) is 1. The first kappa shape index (κ1) is 15.9. The Bertz CT molecular complexity index is 775. The van der Waals surface area contributed by atoms with Gasteiger partial charge in [0.1, 0.15) is 5.82 Å². The van der Waals surface area contributed by atoms with Crippen LogP contribution in [0.2, 0.25) is 0 Å². The fraction of sp³-hybridized carbons (Fsp3) is 0.316. The summed E-state index contributed by atoms with van der Waals surface area (Å²) >= 11 is 0. The van der Waals surface area contributed by atoms with Crippen LogP contribution in [0.4, 0.5) is 10.1 Å². The molecule has 0 unspecified atom stereocenters. The van der Waals surface area contributed by atoms with Crippen LogP contribution in [0.5, 0.6) is 11.5 Å². The van der Waals surface area contributed by atoms with Gasteiger partial charge in [0.05, 0.1) is 6.54 Å². The molecule has 1 aliphatic carbocycles. The minimum atomic E-state index is -0.248. The third kappa shape index (κ3) is 3.91. The largest absolute Gasteiger partial charge is 0.454 e. The van der Waals surface area contributed by atoms with E-state index >= 15 is 0 Å². The molecule has 4 rings (SSSR count). The molecular weight excluding hydrogens is 323 g/mol. The molecule has 0 spiro atoms. The Kier molecular flexibility index (Phi) is 4.28. The SMILES string of the molecule is O=C(CN(Cc1ccc(F)cc1)C1CC1)Nc1ccc2c(c1)OCO2. The van der Waals surface area contributed by atoms with Crippen LogP contribution < -0.4 is 14.8 Å². The zero-order valence-electron chi connectivity index (χ0n) is 13.7. The summed E-state index contributed by atoms with van der Waals surface area (Å²) in [5, 5.41) is 2.90. The van der Waals surface area contributed by atoms with Gasteiger partial charge in [-0.25, -0.2) is 4.39 Å². The molecule has 25 heavy (non-hydrogen) atoms. The minimum Gasteiger partial charge on any atom is -0.454 e. The fourth-order valence-corrected chi connectivity index (χ4v) is 2.94. The second-order valence-electron chi connectivity index (χ2n) is 6.38. The van der Waals surface area contributed by atoms with Gasteiger partial charge >= 0.3 is 0 Å². The summed E-state index contributed by atoms with van der Waals surface area (Å²) < 4.78 is 23.6. The first-order valence-electron chi connectivity index (χ1n) is 8.35. The summed E-state index contributed by atoms with van der Waals surface area (Å²) in [5.74, 6) is 1.01. The Balaban J connectivity index is 1.38. The van der Waals surface area contributed by atoms with E-state index in [1.54, 1.807) is 30.3 Å². The van der Waals surface area contributed by atoms with Crippen LogP contribution in [0.15, 0.2) is 42.5 Å². The van der Waals surface area contributed by atoms with Crippen LogP contribution in [0.1, 0.15) is 18.4 Å². The average molecular weight is 342 g/mol. The number of fused-ring (bicyclic) bond motifs is 1. The van der Waals surface area contributed by atoms with Gasteiger partial charge in [-0.05, 0) is 42.7 Å². The third-order valence-electron chi connectivity index (χ3n) is 4.37. The molecule has 1 N–H and O–H groups in total. The van der Waals surface area contributed by atoms with Crippen molar-refractivity contribution in [3.05, 3.63) is 53.8 Å². The summed E-state index contributed by atoms with van der Waals surface area (Å²) in [6, 6.07) is 12.2. The zero-order valence-corrected chi connectivity index (χ0v) is 13.7. The lowest BCUT2D eigenvalue weighted by Gasteiger charge is -2.21. The average Bonchev–Trinajstić information content (AvgIpc) is 3.34. The van der Waals surface area contributed by atoms with Crippen molar-refractivity contribution in [1.29, 1.82) is 0 Å². The fourth-order valence-electron chi connectivity index (χ4n) is 2.94. The Morgan fingerprint density at radius 1 is 1.12 bits per heavy atom. The Morgan fingerprint density at radius 2 is 1.88 bits per heavy atom. The van der Waals surface area contributed by atoms with Crippen molar-refractivity contribution < 1.29 is 18.7 Å². The third-order valence-corrected chi connectivity index (χ3v) is 4.37. The summed E-state index contributed by atoms with van der Waals surface area (Å²) in [5.41, 5.74) is 1.69. The number of hydrogen-bond donors (Lipinski definition) is 1. The van der Waals surface area contributed by atoms with E-state index in [1.807, 2.05) is 0 Å². The van der Waals surface area contributed by atoms with Gasteiger partial charge < -0.3 is 14.8 Å². The number of halogens is 1. The molecule has 0 bridgehead atoms. The molecule has 5 nitrogen and oxygen atoms in total.